The van der Waals surface area contributed by atoms with Gasteiger partial charge >= 0.3 is 5.97 Å². The summed E-state index contributed by atoms with van der Waals surface area (Å²) >= 11 is 0. The van der Waals surface area contributed by atoms with E-state index in [1.165, 1.54) is 12.3 Å². The van der Waals surface area contributed by atoms with Gasteiger partial charge in [0.15, 0.2) is 17.5 Å². The van der Waals surface area contributed by atoms with Crippen molar-refractivity contribution in [3.05, 3.63) is 47.0 Å². The Hall–Kier alpha value is -2.57. The van der Waals surface area contributed by atoms with E-state index in [-0.39, 0.29) is 23.0 Å². The molecule has 150 valence electrons. The highest BCUT2D eigenvalue weighted by Crippen LogP contribution is 2.40. The average molecular weight is 392 g/mol. The lowest BCUT2D eigenvalue weighted by atomic mass is 9.82. The number of nitrogens with zero attached hydrogens (tertiary/aromatic N) is 2. The third kappa shape index (κ3) is 3.84. The van der Waals surface area contributed by atoms with Crippen molar-refractivity contribution in [2.24, 2.45) is 5.41 Å². The molecule has 1 aliphatic rings. The van der Waals surface area contributed by atoms with Gasteiger partial charge in [-0.15, -0.1) is 0 Å². The predicted molar refractivity (Wildman–Crippen MR) is 101 cm³/mol. The zero-order valence-electron chi connectivity index (χ0n) is 16.2. The van der Waals surface area contributed by atoms with Crippen LogP contribution in [-0.2, 0) is 11.2 Å². The number of carboxylic acids is 1. The molecule has 28 heavy (non-hydrogen) atoms. The number of halogens is 3. The molecule has 0 atom stereocenters. The molecule has 0 aliphatic carbocycles. The maximum atomic E-state index is 14.5. The number of benzene rings is 1. The van der Waals surface area contributed by atoms with Crippen molar-refractivity contribution in [1.29, 1.82) is 0 Å². The summed E-state index contributed by atoms with van der Waals surface area (Å²) in [5.41, 5.74) is 1.83. The molecule has 0 saturated carbocycles. The highest BCUT2D eigenvalue weighted by molar-refractivity contribution is 5.84. The van der Waals surface area contributed by atoms with Gasteiger partial charge in [-0.1, -0.05) is 13.8 Å². The minimum Gasteiger partial charge on any atom is -0.481 e. The molecule has 4 nitrogen and oxygen atoms in total. The second-order valence-corrected chi connectivity index (χ2v) is 8.03. The van der Waals surface area contributed by atoms with Crippen molar-refractivity contribution in [2.75, 3.05) is 18.0 Å². The molecule has 0 amide bonds. The highest BCUT2D eigenvalue weighted by Gasteiger charge is 2.30. The number of hydrogen-bond donors (Lipinski definition) is 1. The summed E-state index contributed by atoms with van der Waals surface area (Å²) in [6.07, 6.45) is 2.87. The van der Waals surface area contributed by atoms with E-state index in [4.69, 9.17) is 0 Å². The Bertz CT molecular complexity index is 918. The first-order valence-corrected chi connectivity index (χ1v) is 9.20. The van der Waals surface area contributed by atoms with Crippen LogP contribution in [0.25, 0.3) is 11.1 Å². The normalized spacial score (nSPS) is 16.3. The molecule has 2 aromatic rings. The largest absolute Gasteiger partial charge is 0.481 e. The van der Waals surface area contributed by atoms with Crippen molar-refractivity contribution in [3.63, 3.8) is 0 Å². The lowest BCUT2D eigenvalue weighted by molar-refractivity contribution is -0.136. The Morgan fingerprint density at radius 3 is 2.39 bits per heavy atom. The Morgan fingerprint density at radius 1 is 1.14 bits per heavy atom. The molecule has 0 radical (unpaired) electrons. The monoisotopic (exact) mass is 392 g/mol. The number of aromatic nitrogens is 1. The molecule has 0 bridgehead atoms. The Morgan fingerprint density at radius 2 is 1.79 bits per heavy atom. The smallest absolute Gasteiger partial charge is 0.307 e. The van der Waals surface area contributed by atoms with Gasteiger partial charge in [0.25, 0.3) is 0 Å². The molecule has 2 heterocycles. The van der Waals surface area contributed by atoms with Gasteiger partial charge in [0.1, 0.15) is 0 Å². The van der Waals surface area contributed by atoms with Gasteiger partial charge in [-0.2, -0.15) is 0 Å². The third-order valence-electron chi connectivity index (χ3n) is 5.45. The Kier molecular flexibility index (Phi) is 5.37. The van der Waals surface area contributed by atoms with Crippen LogP contribution < -0.4 is 4.90 Å². The number of piperidine rings is 1. The van der Waals surface area contributed by atoms with E-state index >= 15 is 0 Å². The fraction of sp³-hybridized carbons (Fsp3) is 0.429. The molecule has 3 rings (SSSR count). The van der Waals surface area contributed by atoms with Crippen LogP contribution in [-0.4, -0.2) is 29.1 Å². The predicted octanol–water partition coefficient (Wildman–Crippen LogP) is 4.73. The molecule has 1 aromatic carbocycles. The van der Waals surface area contributed by atoms with Crippen LogP contribution in [0.3, 0.4) is 0 Å². The van der Waals surface area contributed by atoms with Crippen LogP contribution in [0.2, 0.25) is 0 Å². The van der Waals surface area contributed by atoms with Gasteiger partial charge in [0, 0.05) is 41.7 Å². The second-order valence-electron chi connectivity index (χ2n) is 8.03. The quantitative estimate of drug-likeness (QED) is 0.765. The van der Waals surface area contributed by atoms with Crippen molar-refractivity contribution in [3.8, 4) is 11.1 Å². The summed E-state index contributed by atoms with van der Waals surface area (Å²) in [5, 5.41) is 9.36. The van der Waals surface area contributed by atoms with E-state index in [2.05, 4.69) is 18.8 Å². The zero-order valence-corrected chi connectivity index (χ0v) is 16.2. The number of rotatable bonds is 4. The van der Waals surface area contributed by atoms with E-state index in [0.29, 0.717) is 30.0 Å². The summed E-state index contributed by atoms with van der Waals surface area (Å²) in [6.45, 7) is 7.33. The average Bonchev–Trinajstić information content (AvgIpc) is 2.62. The molecule has 1 aromatic heterocycles. The highest BCUT2D eigenvalue weighted by atomic mass is 19.2. The van der Waals surface area contributed by atoms with E-state index in [9.17, 15) is 23.1 Å². The SMILES string of the molecule is Cc1ncc(-c2ccc(F)c(F)c2F)c(N2CCC(C)(C)CC2)c1CC(=O)O. The van der Waals surface area contributed by atoms with Crippen LogP contribution in [0.15, 0.2) is 18.3 Å². The number of carbonyl (C=O) groups is 1. The fourth-order valence-corrected chi connectivity index (χ4v) is 3.63. The van der Waals surface area contributed by atoms with Crippen molar-refractivity contribution in [2.45, 2.75) is 40.0 Å². The first kappa shape index (κ1) is 20.2. The third-order valence-corrected chi connectivity index (χ3v) is 5.45. The van der Waals surface area contributed by atoms with E-state index in [1.54, 1.807) is 6.92 Å². The van der Waals surface area contributed by atoms with E-state index in [0.717, 1.165) is 18.9 Å². The van der Waals surface area contributed by atoms with Gasteiger partial charge in [0.2, 0.25) is 0 Å². The molecule has 1 fully saturated rings. The number of hydrogen-bond acceptors (Lipinski definition) is 3. The maximum absolute atomic E-state index is 14.5. The summed E-state index contributed by atoms with van der Waals surface area (Å²) in [4.78, 5) is 17.7. The minimum absolute atomic E-state index is 0.127. The van der Waals surface area contributed by atoms with Crippen LogP contribution >= 0.6 is 0 Å². The maximum Gasteiger partial charge on any atom is 0.307 e. The number of aryl methyl sites for hydroxylation is 1. The Labute approximate surface area is 162 Å². The molecule has 1 aliphatic heterocycles. The van der Waals surface area contributed by atoms with Gasteiger partial charge in [-0.05, 0) is 37.3 Å². The lowest BCUT2D eigenvalue weighted by Crippen LogP contribution is -2.38. The number of carboxylic acid groups (broad SMARTS) is 1. The number of pyridine rings is 1. The van der Waals surface area contributed by atoms with Crippen molar-refractivity contribution < 1.29 is 23.1 Å². The first-order chi connectivity index (χ1) is 13.1. The van der Waals surface area contributed by atoms with Gasteiger partial charge < -0.3 is 10.0 Å². The number of aliphatic carboxylic acids is 1. The van der Waals surface area contributed by atoms with Crippen molar-refractivity contribution in [1.82, 2.24) is 4.98 Å². The van der Waals surface area contributed by atoms with E-state index < -0.39 is 23.4 Å². The van der Waals surface area contributed by atoms with Crippen LogP contribution in [0.1, 0.15) is 37.9 Å². The molecule has 7 heteroatoms. The second kappa shape index (κ2) is 7.45. The summed E-state index contributed by atoms with van der Waals surface area (Å²) in [5.74, 6) is -5.16. The van der Waals surface area contributed by atoms with Crippen LogP contribution in [0, 0.1) is 29.8 Å². The first-order valence-electron chi connectivity index (χ1n) is 9.20. The molecular weight excluding hydrogens is 369 g/mol. The van der Waals surface area contributed by atoms with Crippen LogP contribution in [0.5, 0.6) is 0 Å². The minimum atomic E-state index is -1.55. The lowest BCUT2D eigenvalue weighted by Gasteiger charge is -2.40. The van der Waals surface area contributed by atoms with E-state index in [1.807, 2.05) is 4.90 Å². The van der Waals surface area contributed by atoms with Crippen LogP contribution in [0.4, 0.5) is 18.9 Å². The van der Waals surface area contributed by atoms with Gasteiger partial charge in [-0.25, -0.2) is 13.2 Å². The molecule has 1 saturated heterocycles. The van der Waals surface area contributed by atoms with Gasteiger partial charge in [-0.3, -0.25) is 9.78 Å². The van der Waals surface area contributed by atoms with Gasteiger partial charge in [0.05, 0.1) is 12.1 Å². The van der Waals surface area contributed by atoms with Crippen molar-refractivity contribution >= 4 is 11.7 Å². The zero-order chi connectivity index (χ0) is 20.6. The number of anilines is 1. The summed E-state index contributed by atoms with van der Waals surface area (Å²) in [6, 6.07) is 2.04. The molecular formula is C21H23F3N2O2. The molecule has 1 N–H and O–H groups in total. The summed E-state index contributed by atoms with van der Waals surface area (Å²) in [7, 11) is 0. The fourth-order valence-electron chi connectivity index (χ4n) is 3.63. The molecule has 0 unspecified atom stereocenters. The Balaban J connectivity index is 2.20. The standard InChI is InChI=1S/C21H23F3N2O2/c1-12-14(10-17(27)28)20(26-8-6-21(2,3)7-9-26)15(11-25-12)13-4-5-16(22)19(24)18(13)23/h4-5,11H,6-10H2,1-3H3,(H,27,28). The topological polar surface area (TPSA) is 53.4 Å². The summed E-state index contributed by atoms with van der Waals surface area (Å²) < 4.78 is 41.8. The molecule has 0 spiro atoms.